The maximum Gasteiger partial charge on any atom is 0.0408 e. The van der Waals surface area contributed by atoms with Crippen LogP contribution in [0.4, 0.5) is 0 Å². The first-order valence-electron chi connectivity index (χ1n) is 7.43. The molecule has 0 spiro atoms. The standard InChI is InChI=1S/C16H23ClN2/c1-12(9-13-3-2-4-15(17)10-13)18-16-11-19-7-5-14(16)6-8-19/h2-4,10,12,14,16,18H,5-9,11H2,1H3. The summed E-state index contributed by atoms with van der Waals surface area (Å²) in [6, 6.07) is 9.44. The monoisotopic (exact) mass is 278 g/mol. The number of hydrogen-bond donors (Lipinski definition) is 1. The molecule has 3 aliphatic heterocycles. The molecule has 3 aliphatic rings. The minimum atomic E-state index is 0.518. The number of rotatable bonds is 4. The molecule has 0 radical (unpaired) electrons. The number of halogens is 1. The molecule has 104 valence electrons. The van der Waals surface area contributed by atoms with E-state index in [1.54, 1.807) is 0 Å². The molecule has 0 aliphatic carbocycles. The Kier molecular flexibility index (Phi) is 4.11. The number of hydrogen-bond acceptors (Lipinski definition) is 2. The fourth-order valence-electron chi connectivity index (χ4n) is 3.60. The van der Waals surface area contributed by atoms with Gasteiger partial charge in [-0.3, -0.25) is 0 Å². The highest BCUT2D eigenvalue weighted by atomic mass is 35.5. The van der Waals surface area contributed by atoms with Crippen molar-refractivity contribution < 1.29 is 0 Å². The van der Waals surface area contributed by atoms with Crippen LogP contribution in [-0.2, 0) is 6.42 Å². The molecule has 19 heavy (non-hydrogen) atoms. The molecule has 3 heteroatoms. The van der Waals surface area contributed by atoms with Gasteiger partial charge in [0, 0.05) is 23.7 Å². The number of nitrogens with zero attached hydrogens (tertiary/aromatic N) is 1. The van der Waals surface area contributed by atoms with E-state index in [2.05, 4.69) is 29.3 Å². The van der Waals surface area contributed by atoms with Gasteiger partial charge in [0.15, 0.2) is 0 Å². The van der Waals surface area contributed by atoms with Gasteiger partial charge >= 0.3 is 0 Å². The Hall–Kier alpha value is -0.570. The average Bonchev–Trinajstić information content (AvgIpc) is 2.40. The lowest BCUT2D eigenvalue weighted by Gasteiger charge is -2.46. The number of benzene rings is 1. The zero-order valence-electron chi connectivity index (χ0n) is 11.6. The first-order valence-corrected chi connectivity index (χ1v) is 7.81. The van der Waals surface area contributed by atoms with E-state index in [0.29, 0.717) is 12.1 Å². The zero-order chi connectivity index (χ0) is 13.2. The minimum Gasteiger partial charge on any atom is -0.310 e. The van der Waals surface area contributed by atoms with Gasteiger partial charge in [0.2, 0.25) is 0 Å². The number of fused-ring (bicyclic) bond motifs is 3. The van der Waals surface area contributed by atoms with E-state index in [-0.39, 0.29) is 0 Å². The van der Waals surface area contributed by atoms with Crippen molar-refractivity contribution in [3.8, 4) is 0 Å². The zero-order valence-corrected chi connectivity index (χ0v) is 12.4. The van der Waals surface area contributed by atoms with Gasteiger partial charge in [-0.05, 0) is 62.9 Å². The summed E-state index contributed by atoms with van der Waals surface area (Å²) >= 11 is 6.04. The van der Waals surface area contributed by atoms with Gasteiger partial charge < -0.3 is 10.2 Å². The predicted molar refractivity (Wildman–Crippen MR) is 80.7 cm³/mol. The molecule has 3 saturated heterocycles. The van der Waals surface area contributed by atoms with Crippen LogP contribution in [0.15, 0.2) is 24.3 Å². The molecule has 1 aromatic rings. The van der Waals surface area contributed by atoms with E-state index < -0.39 is 0 Å². The highest BCUT2D eigenvalue weighted by Gasteiger charge is 2.34. The maximum atomic E-state index is 6.04. The predicted octanol–water partition coefficient (Wildman–Crippen LogP) is 2.95. The first kappa shape index (κ1) is 13.4. The van der Waals surface area contributed by atoms with Crippen molar-refractivity contribution >= 4 is 11.6 Å². The van der Waals surface area contributed by atoms with Crippen LogP contribution in [0.1, 0.15) is 25.3 Å². The number of piperidine rings is 3. The van der Waals surface area contributed by atoms with Crippen molar-refractivity contribution in [2.24, 2.45) is 5.92 Å². The molecule has 0 aromatic heterocycles. The molecule has 4 rings (SSSR count). The summed E-state index contributed by atoms with van der Waals surface area (Å²) in [6.45, 7) is 6.15. The molecule has 0 saturated carbocycles. The molecule has 2 atom stereocenters. The quantitative estimate of drug-likeness (QED) is 0.911. The van der Waals surface area contributed by atoms with Crippen molar-refractivity contribution in [2.75, 3.05) is 19.6 Å². The van der Waals surface area contributed by atoms with Crippen LogP contribution in [-0.4, -0.2) is 36.6 Å². The summed E-state index contributed by atoms with van der Waals surface area (Å²) < 4.78 is 0. The Morgan fingerprint density at radius 3 is 2.79 bits per heavy atom. The summed E-state index contributed by atoms with van der Waals surface area (Å²) in [4.78, 5) is 2.60. The Balaban J connectivity index is 1.55. The molecule has 2 bridgehead atoms. The molecular formula is C16H23ClN2. The van der Waals surface area contributed by atoms with Crippen molar-refractivity contribution in [3.05, 3.63) is 34.9 Å². The summed E-state index contributed by atoms with van der Waals surface area (Å²) in [5.74, 6) is 0.895. The molecule has 1 aromatic carbocycles. The van der Waals surface area contributed by atoms with Crippen LogP contribution in [0, 0.1) is 5.92 Å². The van der Waals surface area contributed by atoms with Gasteiger partial charge in [0.25, 0.3) is 0 Å². The van der Waals surface area contributed by atoms with Gasteiger partial charge in [0.05, 0.1) is 0 Å². The van der Waals surface area contributed by atoms with Crippen LogP contribution in [0.3, 0.4) is 0 Å². The van der Waals surface area contributed by atoms with Crippen LogP contribution in [0.2, 0.25) is 5.02 Å². The maximum absolute atomic E-state index is 6.04. The highest BCUT2D eigenvalue weighted by molar-refractivity contribution is 6.30. The fraction of sp³-hybridized carbons (Fsp3) is 0.625. The Bertz CT molecular complexity index is 427. The highest BCUT2D eigenvalue weighted by Crippen LogP contribution is 2.27. The average molecular weight is 279 g/mol. The third-order valence-corrected chi connectivity index (χ3v) is 4.82. The van der Waals surface area contributed by atoms with Gasteiger partial charge in [0.1, 0.15) is 0 Å². The molecule has 2 nitrogen and oxygen atoms in total. The second-order valence-electron chi connectivity index (χ2n) is 6.15. The second-order valence-corrected chi connectivity index (χ2v) is 6.58. The van der Waals surface area contributed by atoms with E-state index in [9.17, 15) is 0 Å². The lowest BCUT2D eigenvalue weighted by Crippen LogP contribution is -2.57. The van der Waals surface area contributed by atoms with E-state index in [1.165, 1.54) is 38.0 Å². The third kappa shape index (κ3) is 3.31. The van der Waals surface area contributed by atoms with Gasteiger partial charge in [-0.25, -0.2) is 0 Å². The smallest absolute Gasteiger partial charge is 0.0408 e. The Morgan fingerprint density at radius 2 is 2.16 bits per heavy atom. The van der Waals surface area contributed by atoms with Crippen LogP contribution in [0.5, 0.6) is 0 Å². The molecule has 0 amide bonds. The molecule has 3 fully saturated rings. The van der Waals surface area contributed by atoms with Crippen LogP contribution in [0.25, 0.3) is 0 Å². The van der Waals surface area contributed by atoms with Crippen LogP contribution >= 0.6 is 11.6 Å². The third-order valence-electron chi connectivity index (χ3n) is 4.59. The van der Waals surface area contributed by atoms with E-state index in [4.69, 9.17) is 11.6 Å². The van der Waals surface area contributed by atoms with Crippen molar-refractivity contribution in [1.29, 1.82) is 0 Å². The Labute approximate surface area is 121 Å². The Morgan fingerprint density at radius 1 is 1.37 bits per heavy atom. The van der Waals surface area contributed by atoms with E-state index in [1.807, 2.05) is 12.1 Å². The second kappa shape index (κ2) is 5.82. The molecular weight excluding hydrogens is 256 g/mol. The SMILES string of the molecule is CC(Cc1cccc(Cl)c1)NC1CN2CCC1CC2. The van der Waals surface area contributed by atoms with Gasteiger partial charge in [-0.2, -0.15) is 0 Å². The minimum absolute atomic E-state index is 0.518. The van der Waals surface area contributed by atoms with E-state index >= 15 is 0 Å². The summed E-state index contributed by atoms with van der Waals surface area (Å²) in [6.07, 6.45) is 3.81. The van der Waals surface area contributed by atoms with E-state index in [0.717, 1.165) is 17.4 Å². The van der Waals surface area contributed by atoms with Gasteiger partial charge in [-0.1, -0.05) is 23.7 Å². The summed E-state index contributed by atoms with van der Waals surface area (Å²) in [5, 5.41) is 4.67. The lowest BCUT2D eigenvalue weighted by atomic mass is 9.83. The number of nitrogens with one attached hydrogen (secondary N) is 1. The molecule has 1 N–H and O–H groups in total. The van der Waals surface area contributed by atoms with Gasteiger partial charge in [-0.15, -0.1) is 0 Å². The van der Waals surface area contributed by atoms with Crippen molar-refractivity contribution in [3.63, 3.8) is 0 Å². The molecule has 3 heterocycles. The first-order chi connectivity index (χ1) is 9.20. The fourth-order valence-corrected chi connectivity index (χ4v) is 3.81. The molecule has 2 unspecified atom stereocenters. The normalized spacial score (nSPS) is 31.4. The topological polar surface area (TPSA) is 15.3 Å². The van der Waals surface area contributed by atoms with Crippen LogP contribution < -0.4 is 5.32 Å². The van der Waals surface area contributed by atoms with Crippen molar-refractivity contribution in [2.45, 2.75) is 38.3 Å². The lowest BCUT2D eigenvalue weighted by molar-refractivity contribution is 0.0680. The summed E-state index contributed by atoms with van der Waals surface area (Å²) in [7, 11) is 0. The largest absolute Gasteiger partial charge is 0.310 e. The summed E-state index contributed by atoms with van der Waals surface area (Å²) in [5.41, 5.74) is 1.33. The van der Waals surface area contributed by atoms with Crippen molar-refractivity contribution in [1.82, 2.24) is 10.2 Å².